The number of nitrogens with zero attached hydrogens (tertiary/aromatic N) is 1. The Morgan fingerprint density at radius 1 is 1.20 bits per heavy atom. The predicted molar refractivity (Wildman–Crippen MR) is 59.7 cm³/mol. The second kappa shape index (κ2) is 3.62. The smallest absolute Gasteiger partial charge is 0.0590 e. The molecule has 0 radical (unpaired) electrons. The van der Waals surface area contributed by atoms with E-state index < -0.39 is 0 Å². The third kappa shape index (κ3) is 1.32. The lowest BCUT2D eigenvalue weighted by atomic mass is 9.92. The van der Waals surface area contributed by atoms with Gasteiger partial charge in [0.1, 0.15) is 0 Å². The van der Waals surface area contributed by atoms with Gasteiger partial charge in [0.15, 0.2) is 0 Å². The first-order chi connectivity index (χ1) is 7.42. The van der Waals surface area contributed by atoms with Crippen LogP contribution in [0.3, 0.4) is 0 Å². The zero-order valence-electron chi connectivity index (χ0n) is 9.15. The van der Waals surface area contributed by atoms with E-state index in [1.54, 1.807) is 18.2 Å². The monoisotopic (exact) mass is 203 g/mol. The van der Waals surface area contributed by atoms with Crippen LogP contribution in [0.4, 0.5) is 0 Å². The molecule has 2 atom stereocenters. The van der Waals surface area contributed by atoms with Gasteiger partial charge in [-0.25, -0.2) is 0 Å². The summed E-state index contributed by atoms with van der Waals surface area (Å²) < 4.78 is 5.19. The maximum absolute atomic E-state index is 5.19. The first kappa shape index (κ1) is 9.37. The fourth-order valence-electron chi connectivity index (χ4n) is 3.16. The molecule has 3 rings (SSSR count). The first-order valence-corrected chi connectivity index (χ1v) is 5.75. The summed E-state index contributed by atoms with van der Waals surface area (Å²) in [6, 6.07) is 10.2. The van der Waals surface area contributed by atoms with E-state index in [-0.39, 0.29) is 0 Å². The van der Waals surface area contributed by atoms with Gasteiger partial charge in [-0.3, -0.25) is 4.90 Å². The maximum atomic E-state index is 5.19. The van der Waals surface area contributed by atoms with Crippen molar-refractivity contribution in [3.8, 4) is 0 Å². The number of ether oxygens (including phenoxy) is 1. The molecule has 0 aromatic heterocycles. The average Bonchev–Trinajstić information content (AvgIpc) is 2.82. The molecule has 1 saturated heterocycles. The van der Waals surface area contributed by atoms with Gasteiger partial charge in [0.2, 0.25) is 0 Å². The Balaban J connectivity index is 1.88. The van der Waals surface area contributed by atoms with Crippen LogP contribution in [0.25, 0.3) is 0 Å². The summed E-state index contributed by atoms with van der Waals surface area (Å²) in [7, 11) is 1.78. The second-order valence-electron chi connectivity index (χ2n) is 4.47. The third-order valence-electron chi connectivity index (χ3n) is 3.78. The molecule has 0 spiro atoms. The van der Waals surface area contributed by atoms with Gasteiger partial charge in [0.25, 0.3) is 0 Å². The van der Waals surface area contributed by atoms with Crippen molar-refractivity contribution in [2.45, 2.75) is 24.9 Å². The molecule has 1 aromatic rings. The minimum absolute atomic E-state index is 0.668. The predicted octanol–water partition coefficient (Wildman–Crippen LogP) is 2.52. The molecule has 2 heterocycles. The quantitative estimate of drug-likeness (QED) is 0.748. The molecule has 2 heteroatoms. The van der Waals surface area contributed by atoms with Crippen molar-refractivity contribution in [1.82, 2.24) is 4.90 Å². The SMILES string of the molecule is COCCN1C2CCC1c1ccccc12. The summed E-state index contributed by atoms with van der Waals surface area (Å²) in [5.74, 6) is 0. The summed E-state index contributed by atoms with van der Waals surface area (Å²) >= 11 is 0. The molecule has 0 saturated carbocycles. The fourth-order valence-corrected chi connectivity index (χ4v) is 3.16. The van der Waals surface area contributed by atoms with Crippen LogP contribution < -0.4 is 0 Å². The highest BCUT2D eigenvalue weighted by atomic mass is 16.5. The highest BCUT2D eigenvalue weighted by Gasteiger charge is 2.42. The summed E-state index contributed by atoms with van der Waals surface area (Å²) in [5, 5.41) is 0. The molecule has 2 aliphatic rings. The van der Waals surface area contributed by atoms with E-state index in [1.165, 1.54) is 12.8 Å². The maximum Gasteiger partial charge on any atom is 0.0590 e. The fraction of sp³-hybridized carbons (Fsp3) is 0.538. The molecular formula is C13H17NO. The summed E-state index contributed by atoms with van der Waals surface area (Å²) in [5.41, 5.74) is 3.12. The molecule has 0 amide bonds. The molecule has 0 aliphatic carbocycles. The highest BCUT2D eigenvalue weighted by Crippen LogP contribution is 2.52. The van der Waals surface area contributed by atoms with Crippen LogP contribution in [0.2, 0.25) is 0 Å². The van der Waals surface area contributed by atoms with Crippen LogP contribution in [-0.2, 0) is 4.74 Å². The average molecular weight is 203 g/mol. The minimum Gasteiger partial charge on any atom is -0.383 e. The zero-order chi connectivity index (χ0) is 10.3. The van der Waals surface area contributed by atoms with Gasteiger partial charge in [0.05, 0.1) is 6.61 Å². The van der Waals surface area contributed by atoms with Crippen LogP contribution >= 0.6 is 0 Å². The van der Waals surface area contributed by atoms with Crippen molar-refractivity contribution in [2.24, 2.45) is 0 Å². The van der Waals surface area contributed by atoms with Crippen LogP contribution in [0.15, 0.2) is 24.3 Å². The van der Waals surface area contributed by atoms with Crippen molar-refractivity contribution in [2.75, 3.05) is 20.3 Å². The molecule has 0 N–H and O–H groups in total. The van der Waals surface area contributed by atoms with Gasteiger partial charge < -0.3 is 4.74 Å². The zero-order valence-corrected chi connectivity index (χ0v) is 9.15. The van der Waals surface area contributed by atoms with Gasteiger partial charge in [-0.1, -0.05) is 24.3 Å². The van der Waals surface area contributed by atoms with Crippen LogP contribution in [0, 0.1) is 0 Å². The topological polar surface area (TPSA) is 12.5 Å². The Bertz CT molecular complexity index is 332. The van der Waals surface area contributed by atoms with E-state index in [0.29, 0.717) is 12.1 Å². The number of fused-ring (bicyclic) bond motifs is 5. The lowest BCUT2D eigenvalue weighted by Gasteiger charge is -2.21. The van der Waals surface area contributed by atoms with E-state index in [0.717, 1.165) is 13.2 Å². The normalized spacial score (nSPS) is 28.3. The van der Waals surface area contributed by atoms with Crippen molar-refractivity contribution in [3.05, 3.63) is 35.4 Å². The van der Waals surface area contributed by atoms with Gasteiger partial charge in [-0.15, -0.1) is 0 Å². The molecule has 15 heavy (non-hydrogen) atoms. The number of methoxy groups -OCH3 is 1. The van der Waals surface area contributed by atoms with E-state index in [9.17, 15) is 0 Å². The molecular weight excluding hydrogens is 186 g/mol. The standard InChI is InChI=1S/C13H17NO/c1-15-9-8-14-12-6-7-13(14)11-5-3-2-4-10(11)12/h2-5,12-13H,6-9H2,1H3. The lowest BCUT2D eigenvalue weighted by molar-refractivity contribution is 0.128. The van der Waals surface area contributed by atoms with E-state index in [2.05, 4.69) is 29.2 Å². The molecule has 1 aromatic carbocycles. The van der Waals surface area contributed by atoms with Crippen molar-refractivity contribution >= 4 is 0 Å². The first-order valence-electron chi connectivity index (χ1n) is 5.75. The summed E-state index contributed by atoms with van der Waals surface area (Å²) in [4.78, 5) is 2.61. The number of benzene rings is 1. The lowest BCUT2D eigenvalue weighted by Crippen LogP contribution is -2.23. The highest BCUT2D eigenvalue weighted by molar-refractivity contribution is 5.39. The Labute approximate surface area is 90.8 Å². The Morgan fingerprint density at radius 2 is 1.80 bits per heavy atom. The minimum atomic E-state index is 0.668. The Morgan fingerprint density at radius 3 is 2.33 bits per heavy atom. The number of rotatable bonds is 3. The second-order valence-corrected chi connectivity index (χ2v) is 4.47. The van der Waals surface area contributed by atoms with Crippen molar-refractivity contribution < 1.29 is 4.74 Å². The summed E-state index contributed by atoms with van der Waals surface area (Å²) in [6.07, 6.45) is 2.65. The van der Waals surface area contributed by atoms with E-state index >= 15 is 0 Å². The van der Waals surface area contributed by atoms with E-state index in [1.807, 2.05) is 0 Å². The van der Waals surface area contributed by atoms with Crippen LogP contribution in [0.1, 0.15) is 36.1 Å². The van der Waals surface area contributed by atoms with Crippen molar-refractivity contribution in [3.63, 3.8) is 0 Å². The Hall–Kier alpha value is -0.860. The van der Waals surface area contributed by atoms with Gasteiger partial charge >= 0.3 is 0 Å². The van der Waals surface area contributed by atoms with Crippen LogP contribution in [-0.4, -0.2) is 25.2 Å². The third-order valence-corrected chi connectivity index (χ3v) is 3.78. The molecule has 2 nitrogen and oxygen atoms in total. The molecule has 1 fully saturated rings. The molecule has 2 unspecified atom stereocenters. The molecule has 2 bridgehead atoms. The van der Waals surface area contributed by atoms with Gasteiger partial charge in [-0.2, -0.15) is 0 Å². The summed E-state index contributed by atoms with van der Waals surface area (Å²) in [6.45, 7) is 1.92. The van der Waals surface area contributed by atoms with Crippen molar-refractivity contribution in [1.29, 1.82) is 0 Å². The van der Waals surface area contributed by atoms with E-state index in [4.69, 9.17) is 4.74 Å². The molecule has 2 aliphatic heterocycles. The van der Waals surface area contributed by atoms with Gasteiger partial charge in [0, 0.05) is 25.7 Å². The van der Waals surface area contributed by atoms with Gasteiger partial charge in [-0.05, 0) is 24.0 Å². The largest absolute Gasteiger partial charge is 0.383 e. The number of hydrogen-bond donors (Lipinski definition) is 0. The van der Waals surface area contributed by atoms with Crippen LogP contribution in [0.5, 0.6) is 0 Å². The Kier molecular flexibility index (Phi) is 2.26. The number of hydrogen-bond acceptors (Lipinski definition) is 2. The molecule has 80 valence electrons.